The third-order valence-electron chi connectivity index (χ3n) is 6.04. The van der Waals surface area contributed by atoms with Crippen molar-refractivity contribution >= 4 is 12.0 Å². The molecule has 1 aliphatic heterocycles. The van der Waals surface area contributed by atoms with Crippen molar-refractivity contribution in [1.82, 2.24) is 19.6 Å². The zero-order valence-corrected chi connectivity index (χ0v) is 19.0. The Kier molecular flexibility index (Phi) is 6.71. The van der Waals surface area contributed by atoms with E-state index in [1.165, 1.54) is 11.3 Å². The Bertz CT molecular complexity index is 1080. The van der Waals surface area contributed by atoms with Crippen LogP contribution in [0, 0.1) is 13.8 Å². The molecule has 1 aromatic heterocycles. The number of benzene rings is 2. The van der Waals surface area contributed by atoms with Crippen LogP contribution >= 0.6 is 0 Å². The van der Waals surface area contributed by atoms with Crippen molar-refractivity contribution < 1.29 is 9.53 Å². The summed E-state index contributed by atoms with van der Waals surface area (Å²) in [5.74, 6) is 0.870. The van der Waals surface area contributed by atoms with Gasteiger partial charge >= 0.3 is 0 Å². The van der Waals surface area contributed by atoms with E-state index in [2.05, 4.69) is 30.9 Å². The van der Waals surface area contributed by atoms with Crippen LogP contribution in [0.25, 0.3) is 11.8 Å². The Morgan fingerprint density at radius 1 is 1.00 bits per heavy atom. The predicted octanol–water partition coefficient (Wildman–Crippen LogP) is 3.86. The lowest BCUT2D eigenvalue weighted by atomic mass is 10.1. The second-order valence-electron chi connectivity index (χ2n) is 8.10. The van der Waals surface area contributed by atoms with Crippen molar-refractivity contribution in [3.8, 4) is 11.4 Å². The number of methoxy groups -OCH3 is 1. The first kappa shape index (κ1) is 21.8. The number of carbonyl (C=O) groups excluding carboxylic acids is 1. The molecule has 0 unspecified atom stereocenters. The zero-order valence-electron chi connectivity index (χ0n) is 19.0. The van der Waals surface area contributed by atoms with Crippen LogP contribution in [0.1, 0.15) is 22.5 Å². The highest BCUT2D eigenvalue weighted by Crippen LogP contribution is 2.20. The lowest BCUT2D eigenvalue weighted by molar-refractivity contribution is -0.127. The average Bonchev–Trinajstić information content (AvgIpc) is 3.12. The first-order chi connectivity index (χ1) is 15.5. The molecule has 0 bridgehead atoms. The fraction of sp³-hybridized carbons (Fsp3) is 0.308. The van der Waals surface area contributed by atoms with Gasteiger partial charge in [-0.3, -0.25) is 9.69 Å². The average molecular weight is 431 g/mol. The Morgan fingerprint density at radius 2 is 1.69 bits per heavy atom. The summed E-state index contributed by atoms with van der Waals surface area (Å²) in [7, 11) is 1.64. The van der Waals surface area contributed by atoms with Crippen LogP contribution in [0.4, 0.5) is 0 Å². The second-order valence-corrected chi connectivity index (χ2v) is 8.10. The van der Waals surface area contributed by atoms with Crippen molar-refractivity contribution in [2.45, 2.75) is 20.4 Å². The number of aromatic nitrogens is 2. The maximum atomic E-state index is 12.6. The van der Waals surface area contributed by atoms with Crippen LogP contribution in [0.5, 0.6) is 5.75 Å². The number of amides is 1. The van der Waals surface area contributed by atoms with Crippen LogP contribution in [-0.4, -0.2) is 58.8 Å². The minimum atomic E-state index is 0.0599. The maximum absolute atomic E-state index is 12.6. The van der Waals surface area contributed by atoms with Gasteiger partial charge in [0.05, 0.1) is 18.5 Å². The predicted molar refractivity (Wildman–Crippen MR) is 127 cm³/mol. The van der Waals surface area contributed by atoms with E-state index in [0.29, 0.717) is 0 Å². The number of aryl methyl sites for hydroxylation is 1. The highest BCUT2D eigenvalue weighted by Gasteiger charge is 2.22. The first-order valence-corrected chi connectivity index (χ1v) is 11.0. The molecule has 0 radical (unpaired) electrons. The summed E-state index contributed by atoms with van der Waals surface area (Å²) >= 11 is 0. The molecular weight excluding hydrogens is 400 g/mol. The monoisotopic (exact) mass is 430 g/mol. The van der Waals surface area contributed by atoms with Gasteiger partial charge in [0.15, 0.2) is 0 Å². The summed E-state index contributed by atoms with van der Waals surface area (Å²) in [5.41, 5.74) is 5.58. The van der Waals surface area contributed by atoms with Crippen molar-refractivity contribution in [3.05, 3.63) is 83.2 Å². The van der Waals surface area contributed by atoms with E-state index >= 15 is 0 Å². The van der Waals surface area contributed by atoms with Crippen molar-refractivity contribution in [2.24, 2.45) is 0 Å². The molecule has 0 atom stereocenters. The highest BCUT2D eigenvalue weighted by atomic mass is 16.5. The number of hydrogen-bond donors (Lipinski definition) is 0. The molecule has 1 fully saturated rings. The van der Waals surface area contributed by atoms with E-state index in [1.54, 1.807) is 13.2 Å². The summed E-state index contributed by atoms with van der Waals surface area (Å²) in [5, 5.41) is 4.76. The fourth-order valence-corrected chi connectivity index (χ4v) is 4.06. The molecule has 2 heterocycles. The first-order valence-electron chi connectivity index (χ1n) is 11.0. The maximum Gasteiger partial charge on any atom is 0.246 e. The molecule has 1 aliphatic rings. The van der Waals surface area contributed by atoms with Crippen LogP contribution in [0.3, 0.4) is 0 Å². The topological polar surface area (TPSA) is 50.6 Å². The molecule has 1 saturated heterocycles. The third kappa shape index (κ3) is 4.92. The Labute approximate surface area is 189 Å². The van der Waals surface area contributed by atoms with Crippen LogP contribution in [-0.2, 0) is 11.3 Å². The highest BCUT2D eigenvalue weighted by molar-refractivity contribution is 5.91. The van der Waals surface area contributed by atoms with Gasteiger partial charge in [0, 0.05) is 50.1 Å². The molecule has 4 rings (SSSR count). The van der Waals surface area contributed by atoms with E-state index in [1.807, 2.05) is 58.1 Å². The summed E-state index contributed by atoms with van der Waals surface area (Å²) in [6, 6.07) is 17.9. The van der Waals surface area contributed by atoms with Crippen molar-refractivity contribution in [1.29, 1.82) is 0 Å². The minimum absolute atomic E-state index is 0.0599. The van der Waals surface area contributed by atoms with Crippen LogP contribution in [0.2, 0.25) is 0 Å². The summed E-state index contributed by atoms with van der Waals surface area (Å²) in [6.07, 6.45) is 3.52. The lowest BCUT2D eigenvalue weighted by Crippen LogP contribution is -2.47. The molecule has 166 valence electrons. The number of nitrogens with zero attached hydrogens (tertiary/aromatic N) is 4. The third-order valence-corrected chi connectivity index (χ3v) is 6.04. The van der Waals surface area contributed by atoms with Gasteiger partial charge < -0.3 is 9.64 Å². The molecule has 6 heteroatoms. The van der Waals surface area contributed by atoms with Gasteiger partial charge in [-0.1, -0.05) is 30.3 Å². The summed E-state index contributed by atoms with van der Waals surface area (Å²) in [6.45, 7) is 8.24. The van der Waals surface area contributed by atoms with Gasteiger partial charge in [0.1, 0.15) is 5.75 Å². The number of ether oxygens (including phenoxy) is 1. The number of carbonyl (C=O) groups is 1. The molecule has 2 aromatic carbocycles. The van der Waals surface area contributed by atoms with Gasteiger partial charge in [0.25, 0.3) is 0 Å². The van der Waals surface area contributed by atoms with Gasteiger partial charge in [-0.15, -0.1) is 0 Å². The molecular formula is C26H30N4O2. The van der Waals surface area contributed by atoms with Gasteiger partial charge in [-0.25, -0.2) is 4.68 Å². The number of hydrogen-bond acceptors (Lipinski definition) is 4. The zero-order chi connectivity index (χ0) is 22.5. The minimum Gasteiger partial charge on any atom is -0.497 e. The van der Waals surface area contributed by atoms with E-state index in [4.69, 9.17) is 9.84 Å². The van der Waals surface area contributed by atoms with E-state index in [-0.39, 0.29) is 5.91 Å². The van der Waals surface area contributed by atoms with Crippen LogP contribution < -0.4 is 4.74 Å². The van der Waals surface area contributed by atoms with E-state index < -0.39 is 0 Å². The van der Waals surface area contributed by atoms with Crippen LogP contribution in [0.15, 0.2) is 60.7 Å². The summed E-state index contributed by atoms with van der Waals surface area (Å²) in [4.78, 5) is 16.9. The normalized spacial score (nSPS) is 14.8. The Hall–Kier alpha value is -3.38. The molecule has 6 nitrogen and oxygen atoms in total. The van der Waals surface area contributed by atoms with Crippen molar-refractivity contribution in [2.75, 3.05) is 33.3 Å². The second kappa shape index (κ2) is 9.83. The van der Waals surface area contributed by atoms with Gasteiger partial charge in [-0.05, 0) is 49.8 Å². The van der Waals surface area contributed by atoms with E-state index in [9.17, 15) is 4.79 Å². The molecule has 3 aromatic rings. The van der Waals surface area contributed by atoms with E-state index in [0.717, 1.165) is 55.4 Å². The SMILES string of the molecule is COc1ccc(/C=C/C(=O)N2CCN(Cc3c(C)nn(-c4ccccc4)c3C)CC2)cc1. The molecule has 0 spiro atoms. The Balaban J connectivity index is 1.33. The van der Waals surface area contributed by atoms with Gasteiger partial charge in [0.2, 0.25) is 5.91 Å². The molecule has 0 aliphatic carbocycles. The number of piperazine rings is 1. The molecule has 0 N–H and O–H groups in total. The Morgan fingerprint density at radius 3 is 2.34 bits per heavy atom. The number of para-hydroxylation sites is 1. The molecule has 32 heavy (non-hydrogen) atoms. The standard InChI is InChI=1S/C26H30N4O2/c1-20-25(21(2)30(27-20)23-7-5-4-6-8-23)19-28-15-17-29(18-16-28)26(31)14-11-22-9-12-24(32-3)13-10-22/h4-14H,15-19H2,1-3H3/b14-11+. The van der Waals surface area contributed by atoms with Gasteiger partial charge in [-0.2, -0.15) is 5.10 Å². The quantitative estimate of drug-likeness (QED) is 0.558. The fourth-order valence-electron chi connectivity index (χ4n) is 4.06. The largest absolute Gasteiger partial charge is 0.497 e. The molecule has 1 amide bonds. The lowest BCUT2D eigenvalue weighted by Gasteiger charge is -2.34. The van der Waals surface area contributed by atoms with Crippen molar-refractivity contribution in [3.63, 3.8) is 0 Å². The smallest absolute Gasteiger partial charge is 0.246 e. The molecule has 0 saturated carbocycles. The number of rotatable bonds is 6. The summed E-state index contributed by atoms with van der Waals surface area (Å²) < 4.78 is 7.19.